The molecule has 0 saturated carbocycles. The molecule has 2 N–H and O–H groups in total. The molecule has 0 radical (unpaired) electrons. The molecule has 2 heterocycles. The molecule has 0 unspecified atom stereocenters. The molecule has 0 amide bonds. The molecule has 2 rings (SSSR count). The SMILES string of the molecule is CCc1cc(-c2nc(CCN)no2)n(C)n1. The maximum absolute atomic E-state index is 5.42. The highest BCUT2D eigenvalue weighted by Gasteiger charge is 2.13. The van der Waals surface area contributed by atoms with E-state index in [4.69, 9.17) is 10.3 Å². The summed E-state index contributed by atoms with van der Waals surface area (Å²) in [7, 11) is 1.86. The lowest BCUT2D eigenvalue weighted by Gasteiger charge is -1.92. The number of aromatic nitrogens is 4. The van der Waals surface area contributed by atoms with Crippen LogP contribution in [0.2, 0.25) is 0 Å². The van der Waals surface area contributed by atoms with Crippen molar-refractivity contribution in [1.29, 1.82) is 0 Å². The van der Waals surface area contributed by atoms with Gasteiger partial charge >= 0.3 is 0 Å². The molecule has 16 heavy (non-hydrogen) atoms. The van der Waals surface area contributed by atoms with Crippen molar-refractivity contribution in [3.63, 3.8) is 0 Å². The molecule has 0 atom stereocenters. The molecule has 6 heteroatoms. The van der Waals surface area contributed by atoms with Crippen LogP contribution in [0.4, 0.5) is 0 Å². The predicted molar refractivity (Wildman–Crippen MR) is 58.6 cm³/mol. The maximum atomic E-state index is 5.42. The molecule has 0 aliphatic carbocycles. The summed E-state index contributed by atoms with van der Waals surface area (Å²) < 4.78 is 6.91. The van der Waals surface area contributed by atoms with E-state index >= 15 is 0 Å². The van der Waals surface area contributed by atoms with Gasteiger partial charge in [0.2, 0.25) is 0 Å². The van der Waals surface area contributed by atoms with Crippen molar-refractivity contribution in [3.05, 3.63) is 17.6 Å². The van der Waals surface area contributed by atoms with Gasteiger partial charge in [0.25, 0.3) is 5.89 Å². The molecule has 86 valence electrons. The van der Waals surface area contributed by atoms with Gasteiger partial charge in [-0.2, -0.15) is 10.1 Å². The molecular weight excluding hydrogens is 206 g/mol. The first-order chi connectivity index (χ1) is 7.74. The Hall–Kier alpha value is -1.69. The molecule has 0 fully saturated rings. The van der Waals surface area contributed by atoms with E-state index in [-0.39, 0.29) is 0 Å². The molecule has 2 aromatic heterocycles. The quantitative estimate of drug-likeness (QED) is 0.814. The summed E-state index contributed by atoms with van der Waals surface area (Å²) in [6.07, 6.45) is 1.51. The highest BCUT2D eigenvalue weighted by Crippen LogP contribution is 2.17. The van der Waals surface area contributed by atoms with Crippen LogP contribution >= 0.6 is 0 Å². The Morgan fingerprint density at radius 3 is 2.94 bits per heavy atom. The summed E-state index contributed by atoms with van der Waals surface area (Å²) in [5, 5.41) is 8.18. The third-order valence-electron chi connectivity index (χ3n) is 2.35. The van der Waals surface area contributed by atoms with Crippen molar-refractivity contribution in [3.8, 4) is 11.6 Å². The van der Waals surface area contributed by atoms with Gasteiger partial charge in [-0.1, -0.05) is 12.1 Å². The molecule has 2 aromatic rings. The minimum Gasteiger partial charge on any atom is -0.332 e. The molecule has 0 saturated heterocycles. The lowest BCUT2D eigenvalue weighted by atomic mass is 10.3. The number of aryl methyl sites for hydroxylation is 2. The second kappa shape index (κ2) is 4.44. The van der Waals surface area contributed by atoms with Crippen molar-refractivity contribution in [2.75, 3.05) is 6.54 Å². The molecule has 6 nitrogen and oxygen atoms in total. The monoisotopic (exact) mass is 221 g/mol. The molecule has 0 bridgehead atoms. The number of nitrogens with two attached hydrogens (primary N) is 1. The third-order valence-corrected chi connectivity index (χ3v) is 2.35. The summed E-state index contributed by atoms with van der Waals surface area (Å²) >= 11 is 0. The van der Waals surface area contributed by atoms with E-state index < -0.39 is 0 Å². The first-order valence-electron chi connectivity index (χ1n) is 5.30. The van der Waals surface area contributed by atoms with Gasteiger partial charge in [-0.15, -0.1) is 0 Å². The third kappa shape index (κ3) is 1.96. The van der Waals surface area contributed by atoms with Gasteiger partial charge in [-0.3, -0.25) is 4.68 Å². The fourth-order valence-corrected chi connectivity index (χ4v) is 1.49. The molecule has 0 aliphatic rings. The first-order valence-corrected chi connectivity index (χ1v) is 5.30. The lowest BCUT2D eigenvalue weighted by Crippen LogP contribution is -2.03. The van der Waals surface area contributed by atoms with Gasteiger partial charge in [-0.25, -0.2) is 0 Å². The second-order valence-corrected chi connectivity index (χ2v) is 3.55. The standard InChI is InChI=1S/C10H15N5O/c1-3-7-6-8(15(2)13-7)10-12-9(4-5-11)14-16-10/h6H,3-5,11H2,1-2H3. The summed E-state index contributed by atoms with van der Waals surface area (Å²) in [5.74, 6) is 1.13. The van der Waals surface area contributed by atoms with Crippen molar-refractivity contribution < 1.29 is 4.52 Å². The van der Waals surface area contributed by atoms with Crippen LogP contribution in [0, 0.1) is 0 Å². The molecular formula is C10H15N5O. The van der Waals surface area contributed by atoms with Gasteiger partial charge in [0.1, 0.15) is 5.69 Å². The van der Waals surface area contributed by atoms with E-state index in [0.717, 1.165) is 17.8 Å². The Balaban J connectivity index is 2.30. The maximum Gasteiger partial charge on any atom is 0.276 e. The van der Waals surface area contributed by atoms with Gasteiger partial charge in [0, 0.05) is 13.5 Å². The molecule has 0 spiro atoms. The van der Waals surface area contributed by atoms with E-state index in [1.54, 1.807) is 4.68 Å². The van der Waals surface area contributed by atoms with Crippen LogP contribution in [-0.2, 0) is 19.9 Å². The Bertz CT molecular complexity index is 473. The van der Waals surface area contributed by atoms with Gasteiger partial charge in [0.05, 0.1) is 5.69 Å². The predicted octanol–water partition coefficient (Wildman–Crippen LogP) is 0.534. The summed E-state index contributed by atoms with van der Waals surface area (Å²) in [6.45, 7) is 2.57. The van der Waals surface area contributed by atoms with Crippen LogP contribution < -0.4 is 5.73 Å². The zero-order chi connectivity index (χ0) is 11.5. The Morgan fingerprint density at radius 1 is 1.50 bits per heavy atom. The zero-order valence-corrected chi connectivity index (χ0v) is 9.47. The average Bonchev–Trinajstić information content (AvgIpc) is 2.85. The minimum atomic E-state index is 0.498. The summed E-state index contributed by atoms with van der Waals surface area (Å²) in [5.41, 5.74) is 7.28. The first kappa shape index (κ1) is 10.8. The van der Waals surface area contributed by atoms with Gasteiger partial charge in [-0.05, 0) is 19.0 Å². The topological polar surface area (TPSA) is 82.8 Å². The van der Waals surface area contributed by atoms with E-state index in [0.29, 0.717) is 24.7 Å². The number of hydrogen-bond donors (Lipinski definition) is 1. The molecule has 0 aromatic carbocycles. The van der Waals surface area contributed by atoms with E-state index in [9.17, 15) is 0 Å². The minimum absolute atomic E-state index is 0.498. The number of nitrogens with zero attached hydrogens (tertiary/aromatic N) is 4. The Labute approximate surface area is 93.4 Å². The fraction of sp³-hybridized carbons (Fsp3) is 0.500. The van der Waals surface area contributed by atoms with Gasteiger partial charge < -0.3 is 10.3 Å². The number of hydrogen-bond acceptors (Lipinski definition) is 5. The van der Waals surface area contributed by atoms with Crippen LogP contribution in [0.3, 0.4) is 0 Å². The fourth-order valence-electron chi connectivity index (χ4n) is 1.49. The van der Waals surface area contributed by atoms with Crippen molar-refractivity contribution in [2.45, 2.75) is 19.8 Å². The molecule has 0 aliphatic heterocycles. The summed E-state index contributed by atoms with van der Waals surface area (Å²) in [4.78, 5) is 4.26. The normalized spacial score (nSPS) is 10.9. The zero-order valence-electron chi connectivity index (χ0n) is 9.47. The Kier molecular flexibility index (Phi) is 3.00. The van der Waals surface area contributed by atoms with Crippen molar-refractivity contribution in [2.24, 2.45) is 12.8 Å². The summed E-state index contributed by atoms with van der Waals surface area (Å²) in [6, 6.07) is 1.96. The lowest BCUT2D eigenvalue weighted by molar-refractivity contribution is 0.419. The average molecular weight is 221 g/mol. The van der Waals surface area contributed by atoms with Crippen LogP contribution in [0.15, 0.2) is 10.6 Å². The van der Waals surface area contributed by atoms with Crippen LogP contribution in [0.25, 0.3) is 11.6 Å². The van der Waals surface area contributed by atoms with E-state index in [1.807, 2.05) is 13.1 Å². The van der Waals surface area contributed by atoms with Crippen LogP contribution in [0.1, 0.15) is 18.4 Å². The van der Waals surface area contributed by atoms with E-state index in [2.05, 4.69) is 22.2 Å². The Morgan fingerprint density at radius 2 is 2.31 bits per heavy atom. The van der Waals surface area contributed by atoms with Crippen LogP contribution in [0.5, 0.6) is 0 Å². The van der Waals surface area contributed by atoms with Crippen LogP contribution in [-0.4, -0.2) is 26.5 Å². The smallest absolute Gasteiger partial charge is 0.276 e. The van der Waals surface area contributed by atoms with Crippen molar-refractivity contribution >= 4 is 0 Å². The van der Waals surface area contributed by atoms with E-state index in [1.165, 1.54) is 0 Å². The largest absolute Gasteiger partial charge is 0.332 e. The van der Waals surface area contributed by atoms with Gasteiger partial charge in [0.15, 0.2) is 5.82 Å². The second-order valence-electron chi connectivity index (χ2n) is 3.55. The number of rotatable bonds is 4. The highest BCUT2D eigenvalue weighted by molar-refractivity contribution is 5.47. The van der Waals surface area contributed by atoms with Crippen molar-refractivity contribution in [1.82, 2.24) is 19.9 Å². The highest BCUT2D eigenvalue weighted by atomic mass is 16.5.